The zero-order valence-corrected chi connectivity index (χ0v) is 18.5. The third-order valence-corrected chi connectivity index (χ3v) is 6.41. The normalized spacial score (nSPS) is 12.6. The number of benzene rings is 1. The number of para-hydroxylation sites is 1. The Morgan fingerprint density at radius 2 is 2.03 bits per heavy atom. The Labute approximate surface area is 188 Å². The summed E-state index contributed by atoms with van der Waals surface area (Å²) in [7, 11) is 1.82. The SMILES string of the molecule is CNc1ccc(-c2nn(-c3ccccc3F)c3c2CCCc2nc(NC(C)=O)sc2-3)cn1. The first kappa shape index (κ1) is 20.3. The van der Waals surface area contributed by atoms with Crippen molar-refractivity contribution in [3.8, 4) is 27.5 Å². The smallest absolute Gasteiger partial charge is 0.223 e. The third kappa shape index (κ3) is 3.54. The van der Waals surface area contributed by atoms with Gasteiger partial charge >= 0.3 is 0 Å². The van der Waals surface area contributed by atoms with Crippen LogP contribution < -0.4 is 10.6 Å². The number of thiazole rings is 1. The molecule has 1 aliphatic carbocycles. The molecule has 0 radical (unpaired) electrons. The molecule has 1 aliphatic rings. The summed E-state index contributed by atoms with van der Waals surface area (Å²) in [6.07, 6.45) is 4.21. The van der Waals surface area contributed by atoms with E-state index in [1.807, 2.05) is 19.2 Å². The van der Waals surface area contributed by atoms with Gasteiger partial charge in [-0.3, -0.25) is 4.79 Å². The van der Waals surface area contributed by atoms with Gasteiger partial charge in [0.25, 0.3) is 0 Å². The van der Waals surface area contributed by atoms with E-state index < -0.39 is 0 Å². The predicted molar refractivity (Wildman–Crippen MR) is 124 cm³/mol. The van der Waals surface area contributed by atoms with Crippen molar-refractivity contribution in [2.24, 2.45) is 0 Å². The van der Waals surface area contributed by atoms with Crippen molar-refractivity contribution in [3.05, 3.63) is 59.7 Å². The molecule has 7 nitrogen and oxygen atoms in total. The number of halogens is 1. The van der Waals surface area contributed by atoms with Crippen LogP contribution in [0.1, 0.15) is 24.6 Å². The van der Waals surface area contributed by atoms with Crippen molar-refractivity contribution in [3.63, 3.8) is 0 Å². The van der Waals surface area contributed by atoms with Crippen LogP contribution in [0.15, 0.2) is 42.6 Å². The van der Waals surface area contributed by atoms with Crippen LogP contribution in [0.3, 0.4) is 0 Å². The van der Waals surface area contributed by atoms with Crippen molar-refractivity contribution in [2.75, 3.05) is 17.7 Å². The highest BCUT2D eigenvalue weighted by molar-refractivity contribution is 7.19. The first-order valence-corrected chi connectivity index (χ1v) is 11.2. The van der Waals surface area contributed by atoms with E-state index in [1.54, 1.807) is 29.1 Å². The molecule has 0 aliphatic heterocycles. The molecule has 4 aromatic rings. The van der Waals surface area contributed by atoms with Gasteiger partial charge in [-0.05, 0) is 43.5 Å². The summed E-state index contributed by atoms with van der Waals surface area (Å²) in [5, 5.41) is 11.2. The molecule has 162 valence electrons. The number of hydrogen-bond acceptors (Lipinski definition) is 6. The monoisotopic (exact) mass is 448 g/mol. The number of carbonyl (C=O) groups is 1. The second kappa shape index (κ2) is 8.16. The van der Waals surface area contributed by atoms with E-state index in [4.69, 9.17) is 5.10 Å². The molecule has 32 heavy (non-hydrogen) atoms. The second-order valence-corrected chi connectivity index (χ2v) is 8.55. The zero-order valence-electron chi connectivity index (χ0n) is 17.6. The lowest BCUT2D eigenvalue weighted by atomic mass is 10.0. The summed E-state index contributed by atoms with van der Waals surface area (Å²) in [5.74, 6) is 0.233. The summed E-state index contributed by atoms with van der Waals surface area (Å²) >= 11 is 1.40. The topological polar surface area (TPSA) is 84.7 Å². The maximum Gasteiger partial charge on any atom is 0.223 e. The molecule has 3 aromatic heterocycles. The van der Waals surface area contributed by atoms with Gasteiger partial charge in [-0.25, -0.2) is 19.0 Å². The van der Waals surface area contributed by atoms with Crippen LogP contribution in [0.4, 0.5) is 15.3 Å². The van der Waals surface area contributed by atoms with Gasteiger partial charge in [0.05, 0.1) is 22.0 Å². The van der Waals surface area contributed by atoms with Crippen LogP contribution in [0.5, 0.6) is 0 Å². The summed E-state index contributed by atoms with van der Waals surface area (Å²) < 4.78 is 16.5. The lowest BCUT2D eigenvalue weighted by Gasteiger charge is -2.08. The molecule has 0 unspecified atom stereocenters. The van der Waals surface area contributed by atoms with E-state index in [2.05, 4.69) is 20.6 Å². The van der Waals surface area contributed by atoms with Crippen molar-refractivity contribution < 1.29 is 9.18 Å². The Bertz CT molecular complexity index is 1310. The molecule has 3 heterocycles. The summed E-state index contributed by atoms with van der Waals surface area (Å²) in [4.78, 5) is 21.6. The molecule has 0 spiro atoms. The van der Waals surface area contributed by atoms with E-state index in [0.717, 1.165) is 58.2 Å². The average Bonchev–Trinajstić information content (AvgIpc) is 3.30. The highest BCUT2D eigenvalue weighted by atomic mass is 32.1. The fourth-order valence-electron chi connectivity index (χ4n) is 3.97. The standard InChI is InChI=1S/C23H21FN6OS/c1-13(31)27-23-28-17-8-5-6-15-20(14-10-11-19(25-2)26-12-14)29-30(21(15)22(17)32-23)18-9-4-3-7-16(18)24/h3-4,7,9-12H,5-6,8H2,1-2H3,(H,25,26)(H,27,28,31). The summed E-state index contributed by atoms with van der Waals surface area (Å²) in [6.45, 7) is 1.46. The van der Waals surface area contributed by atoms with Crippen LogP contribution in [-0.2, 0) is 17.6 Å². The molecule has 9 heteroatoms. The third-order valence-electron chi connectivity index (χ3n) is 5.39. The fraction of sp³-hybridized carbons (Fsp3) is 0.217. The zero-order chi connectivity index (χ0) is 22.2. The molecule has 0 saturated carbocycles. The van der Waals surface area contributed by atoms with Gasteiger partial charge in [0.15, 0.2) is 5.13 Å². The van der Waals surface area contributed by atoms with E-state index in [-0.39, 0.29) is 11.7 Å². The van der Waals surface area contributed by atoms with Gasteiger partial charge in [-0.2, -0.15) is 5.10 Å². The minimum atomic E-state index is -0.356. The van der Waals surface area contributed by atoms with E-state index in [1.165, 1.54) is 24.3 Å². The lowest BCUT2D eigenvalue weighted by Crippen LogP contribution is -2.05. The Balaban J connectivity index is 1.76. The molecule has 0 fully saturated rings. The first-order valence-electron chi connectivity index (χ1n) is 10.3. The number of nitrogens with zero attached hydrogens (tertiary/aromatic N) is 4. The predicted octanol–water partition coefficient (Wildman–Crippen LogP) is 4.69. The molecule has 2 N–H and O–H groups in total. The van der Waals surface area contributed by atoms with E-state index >= 15 is 0 Å². The number of carbonyl (C=O) groups excluding carboxylic acids is 1. The number of amides is 1. The second-order valence-electron chi connectivity index (χ2n) is 7.55. The molecule has 0 bridgehead atoms. The number of fused-ring (bicyclic) bond motifs is 3. The molecule has 0 saturated heterocycles. The molecule has 1 aromatic carbocycles. The number of hydrogen-bond donors (Lipinski definition) is 2. The van der Waals surface area contributed by atoms with Gasteiger partial charge < -0.3 is 10.6 Å². The minimum Gasteiger partial charge on any atom is -0.373 e. The van der Waals surface area contributed by atoms with Gasteiger partial charge in [0.1, 0.15) is 17.3 Å². The van der Waals surface area contributed by atoms with Gasteiger partial charge in [0.2, 0.25) is 5.91 Å². The van der Waals surface area contributed by atoms with E-state index in [9.17, 15) is 9.18 Å². The van der Waals surface area contributed by atoms with Crippen LogP contribution in [0.25, 0.3) is 27.5 Å². The van der Waals surface area contributed by atoms with E-state index in [0.29, 0.717) is 10.8 Å². The average molecular weight is 449 g/mol. The molecular formula is C23H21FN6OS. The van der Waals surface area contributed by atoms with Crippen LogP contribution >= 0.6 is 11.3 Å². The maximum atomic E-state index is 14.9. The quantitative estimate of drug-likeness (QED) is 0.473. The Morgan fingerprint density at radius 3 is 2.75 bits per heavy atom. The van der Waals surface area contributed by atoms with Gasteiger partial charge in [0, 0.05) is 31.3 Å². The van der Waals surface area contributed by atoms with Crippen molar-refractivity contribution in [1.82, 2.24) is 19.7 Å². The summed E-state index contributed by atoms with van der Waals surface area (Å²) in [5.41, 5.74) is 4.77. The van der Waals surface area contributed by atoms with Crippen LogP contribution in [0, 0.1) is 5.82 Å². The Kier molecular flexibility index (Phi) is 5.18. The van der Waals surface area contributed by atoms with Crippen molar-refractivity contribution >= 4 is 28.2 Å². The largest absolute Gasteiger partial charge is 0.373 e. The minimum absolute atomic E-state index is 0.173. The maximum absolute atomic E-state index is 14.9. The van der Waals surface area contributed by atoms with Gasteiger partial charge in [-0.15, -0.1) is 0 Å². The number of aryl methyl sites for hydroxylation is 1. The Morgan fingerprint density at radius 1 is 1.19 bits per heavy atom. The highest BCUT2D eigenvalue weighted by Crippen LogP contribution is 2.43. The molecule has 0 atom stereocenters. The number of nitrogens with one attached hydrogen (secondary N) is 2. The highest BCUT2D eigenvalue weighted by Gasteiger charge is 2.29. The number of aromatic nitrogens is 4. The van der Waals surface area contributed by atoms with Crippen LogP contribution in [-0.4, -0.2) is 32.7 Å². The van der Waals surface area contributed by atoms with Gasteiger partial charge in [-0.1, -0.05) is 23.5 Å². The molecule has 1 amide bonds. The Hall–Kier alpha value is -3.59. The lowest BCUT2D eigenvalue weighted by molar-refractivity contribution is -0.114. The molecule has 5 rings (SSSR count). The number of pyridine rings is 1. The first-order chi connectivity index (χ1) is 15.5. The number of rotatable bonds is 4. The summed E-state index contributed by atoms with van der Waals surface area (Å²) in [6, 6.07) is 10.5. The molecular weight excluding hydrogens is 427 g/mol. The van der Waals surface area contributed by atoms with Crippen molar-refractivity contribution in [1.29, 1.82) is 0 Å². The van der Waals surface area contributed by atoms with Crippen LogP contribution in [0.2, 0.25) is 0 Å². The van der Waals surface area contributed by atoms with Crippen molar-refractivity contribution in [2.45, 2.75) is 26.2 Å². The fourth-order valence-corrected chi connectivity index (χ4v) is 5.09. The number of anilines is 2.